The fourth-order valence-corrected chi connectivity index (χ4v) is 10.9. The summed E-state index contributed by atoms with van der Waals surface area (Å²) in [5, 5.41) is 0. The normalized spacial score (nSPS) is 30.8. The second-order valence-electron chi connectivity index (χ2n) is 13.3. The summed E-state index contributed by atoms with van der Waals surface area (Å²) in [5.41, 5.74) is 4.89. The molecule has 6 heterocycles. The molecule has 26 heteroatoms. The lowest BCUT2D eigenvalue weighted by Crippen LogP contribution is -2.36. The number of aromatic amines is 1. The van der Waals surface area contributed by atoms with E-state index in [-0.39, 0.29) is 34.0 Å². The number of imidazole rings is 1. The Morgan fingerprint density at radius 1 is 0.950 bits per heavy atom. The maximum Gasteiger partial charge on any atom is 0.472 e. The van der Waals surface area contributed by atoms with Crippen molar-refractivity contribution in [3.8, 4) is 11.5 Å². The summed E-state index contributed by atoms with van der Waals surface area (Å²) in [4.78, 5) is 62.2. The minimum Gasteiger partial charge on any atom is -0.496 e. The molecular weight excluding hydrogens is 862 g/mol. The second-order valence-corrected chi connectivity index (χ2v) is 18.7. The molecule has 0 radical (unpaired) electrons. The first-order chi connectivity index (χ1) is 28.7. The van der Waals surface area contributed by atoms with Gasteiger partial charge in [-0.1, -0.05) is 24.3 Å². The number of H-pyrrole nitrogens is 1. The molecule has 2 aromatic carbocycles. The van der Waals surface area contributed by atoms with Gasteiger partial charge in [0.2, 0.25) is 0 Å². The molecule has 2 unspecified atom stereocenters. The second kappa shape index (κ2) is 16.9. The van der Waals surface area contributed by atoms with Crippen LogP contribution in [0.5, 0.6) is 11.5 Å². The van der Waals surface area contributed by atoms with Crippen LogP contribution >= 0.6 is 26.0 Å². The maximum absolute atomic E-state index is 16.4. The maximum atomic E-state index is 16.4. The summed E-state index contributed by atoms with van der Waals surface area (Å²) in [6, 6.07) is 13.4. The summed E-state index contributed by atoms with van der Waals surface area (Å²) >= 11 is 0.561. The van der Waals surface area contributed by atoms with Crippen molar-refractivity contribution in [1.29, 1.82) is 0 Å². The SMILES string of the molecule is COc1ccccc1C(=O)Oc1ccc(CSP2(=O)OC[C@H]3O[C@@H](n4cnc5c(N)ncnc54)[C@H](OP(=O)(O)OC[C@H]4O[C@@H](n5ccc(=O)[nH]c5=O)[C@H](F)[C@@H]4O2)[C@@H]3F)cc1. The smallest absolute Gasteiger partial charge is 0.472 e. The number of hydrogen-bond acceptors (Lipinski definition) is 18. The fourth-order valence-electron chi connectivity index (χ4n) is 6.57. The van der Waals surface area contributed by atoms with Gasteiger partial charge in [0.1, 0.15) is 53.3 Å². The zero-order chi connectivity index (χ0) is 42.3. The number of benzene rings is 2. The molecule has 4 N–H and O–H groups in total. The summed E-state index contributed by atoms with van der Waals surface area (Å²) in [6.45, 7) is -6.49. The molecule has 8 rings (SSSR count). The molecule has 3 aliphatic heterocycles. The molecule has 60 heavy (non-hydrogen) atoms. The zero-order valence-electron chi connectivity index (χ0n) is 30.8. The van der Waals surface area contributed by atoms with E-state index in [1.165, 1.54) is 36.2 Å². The van der Waals surface area contributed by atoms with Gasteiger partial charge in [0.25, 0.3) is 5.56 Å². The van der Waals surface area contributed by atoms with Crippen molar-refractivity contribution < 1.29 is 64.6 Å². The van der Waals surface area contributed by atoms with E-state index >= 15 is 8.78 Å². The lowest BCUT2D eigenvalue weighted by Gasteiger charge is -2.27. The van der Waals surface area contributed by atoms with Crippen molar-refractivity contribution in [2.24, 2.45) is 0 Å². The molecule has 3 aliphatic rings. The van der Waals surface area contributed by atoms with Crippen LogP contribution in [0.15, 0.2) is 83.0 Å². The number of alkyl halides is 2. The number of halogens is 2. The third kappa shape index (κ3) is 8.53. The quantitative estimate of drug-likeness (QED) is 0.114. The van der Waals surface area contributed by atoms with Gasteiger partial charge in [0.15, 0.2) is 36.3 Å². The number of nitrogen functional groups attached to an aromatic ring is 1. The van der Waals surface area contributed by atoms with Gasteiger partial charge >= 0.3 is 26.3 Å². The van der Waals surface area contributed by atoms with E-state index in [1.807, 2.05) is 4.98 Å². The van der Waals surface area contributed by atoms with Crippen LogP contribution in [0.3, 0.4) is 0 Å². The largest absolute Gasteiger partial charge is 0.496 e. The van der Waals surface area contributed by atoms with Crippen LogP contribution in [0.1, 0.15) is 28.4 Å². The third-order valence-corrected chi connectivity index (χ3v) is 14.1. The Morgan fingerprint density at radius 2 is 1.70 bits per heavy atom. The van der Waals surface area contributed by atoms with Gasteiger partial charge in [-0.05, 0) is 41.2 Å². The van der Waals surface area contributed by atoms with E-state index in [2.05, 4.69) is 15.0 Å². The molecule has 2 bridgehead atoms. The number of carbonyl (C=O) groups excluding carboxylic acids is 1. The van der Waals surface area contributed by atoms with E-state index in [1.54, 1.807) is 30.3 Å². The molecule has 0 amide bonds. The number of carbonyl (C=O) groups is 1. The molecule has 21 nitrogen and oxygen atoms in total. The minimum absolute atomic E-state index is 0.0254. The number of phosphoric ester groups is 1. The fraction of sp³-hybridized carbons (Fsp3) is 0.353. The Labute approximate surface area is 339 Å². The highest BCUT2D eigenvalue weighted by atomic mass is 32.7. The Morgan fingerprint density at radius 3 is 2.47 bits per heavy atom. The number of hydrogen-bond donors (Lipinski definition) is 3. The first-order valence-corrected chi connectivity index (χ1v) is 22.4. The number of ether oxygens (including phenoxy) is 4. The lowest BCUT2D eigenvalue weighted by molar-refractivity contribution is -0.0640. The van der Waals surface area contributed by atoms with Gasteiger partial charge in [-0.3, -0.25) is 37.0 Å². The number of methoxy groups -OCH3 is 1. The predicted octanol–water partition coefficient (Wildman–Crippen LogP) is 3.62. The molecule has 5 aromatic rings. The molecule has 318 valence electrons. The van der Waals surface area contributed by atoms with E-state index in [4.69, 9.17) is 42.8 Å². The van der Waals surface area contributed by atoms with E-state index < -0.39 is 94.3 Å². The van der Waals surface area contributed by atoms with Crippen LogP contribution < -0.4 is 26.5 Å². The Balaban J connectivity index is 1.08. The lowest BCUT2D eigenvalue weighted by atomic mass is 10.1. The van der Waals surface area contributed by atoms with E-state index in [0.29, 0.717) is 27.3 Å². The van der Waals surface area contributed by atoms with Crippen molar-refractivity contribution in [1.82, 2.24) is 29.1 Å². The number of nitrogens with two attached hydrogens (primary N) is 1. The highest BCUT2D eigenvalue weighted by Gasteiger charge is 2.55. The number of phosphoric acid groups is 1. The summed E-state index contributed by atoms with van der Waals surface area (Å²) in [6.07, 6.45) is -11.9. The van der Waals surface area contributed by atoms with Crippen LogP contribution in [0.2, 0.25) is 0 Å². The summed E-state index contributed by atoms with van der Waals surface area (Å²) in [7, 11) is -3.87. The number of nitrogens with zero attached hydrogens (tertiary/aromatic N) is 5. The zero-order valence-corrected chi connectivity index (χ0v) is 33.4. The number of para-hydroxylation sites is 1. The van der Waals surface area contributed by atoms with Crippen LogP contribution in [-0.4, -0.2) is 97.0 Å². The van der Waals surface area contributed by atoms with Crippen LogP contribution in [0.25, 0.3) is 11.2 Å². The van der Waals surface area contributed by atoms with Crippen LogP contribution in [0, 0.1) is 0 Å². The number of esters is 1. The van der Waals surface area contributed by atoms with Crippen molar-refractivity contribution in [2.75, 3.05) is 26.1 Å². The van der Waals surface area contributed by atoms with Crippen LogP contribution in [0.4, 0.5) is 14.6 Å². The first-order valence-electron chi connectivity index (χ1n) is 17.7. The van der Waals surface area contributed by atoms with Gasteiger partial charge in [0, 0.05) is 18.0 Å². The van der Waals surface area contributed by atoms with Gasteiger partial charge in [-0.2, -0.15) is 0 Å². The van der Waals surface area contributed by atoms with Crippen molar-refractivity contribution in [3.05, 3.63) is 105 Å². The number of nitrogens with one attached hydrogen (secondary N) is 1. The number of anilines is 1. The number of fused-ring (bicyclic) bond motifs is 4. The van der Waals surface area contributed by atoms with Crippen molar-refractivity contribution in [3.63, 3.8) is 0 Å². The molecular formula is C34H33F2N7O14P2S. The highest BCUT2D eigenvalue weighted by Crippen LogP contribution is 2.64. The Bertz CT molecular complexity index is 2620. The average Bonchev–Trinajstić information content (AvgIpc) is 3.89. The molecule has 10 atom stereocenters. The van der Waals surface area contributed by atoms with Crippen molar-refractivity contribution >= 4 is 49.0 Å². The van der Waals surface area contributed by atoms with Gasteiger partial charge < -0.3 is 29.6 Å². The van der Waals surface area contributed by atoms with Gasteiger partial charge in [-0.25, -0.2) is 42.5 Å². The average molecular weight is 896 g/mol. The number of rotatable bonds is 8. The molecule has 0 spiro atoms. The van der Waals surface area contributed by atoms with Crippen LogP contribution in [-0.2, 0) is 42.5 Å². The van der Waals surface area contributed by atoms with E-state index in [0.717, 1.165) is 18.6 Å². The number of aromatic nitrogens is 6. The summed E-state index contributed by atoms with van der Waals surface area (Å²) < 4.78 is 107. The highest BCUT2D eigenvalue weighted by molar-refractivity contribution is 8.54. The molecule has 3 fully saturated rings. The molecule has 3 aromatic heterocycles. The molecule has 0 saturated carbocycles. The first kappa shape index (κ1) is 41.8. The topological polar surface area (TPSA) is 270 Å². The third-order valence-electron chi connectivity index (χ3n) is 9.47. The Kier molecular flexibility index (Phi) is 11.8. The molecule has 0 aliphatic carbocycles. The van der Waals surface area contributed by atoms with Crippen molar-refractivity contribution in [2.45, 2.75) is 55.0 Å². The monoisotopic (exact) mass is 895 g/mol. The standard InChI is InChI=1S/C34H33F2N7O14P2S/c1-50-20-5-3-2-4-19(20)33(45)53-18-8-6-17(7-9-18)14-60-59(49)52-12-21-24(35)28(32(54-21)43-16-40-26-29(37)38-15-39-30(26)43)56-58(47,48)51-13-22-27(57-59)25(36)31(55-22)42-11-10-23(44)41-34(42)46/h2-11,15-16,21-22,24-25,27-28,31-32H,12-14H2,1H3,(H,47,48)(H2,37,38,39)(H,41,44,46)/t21-,22-,24-,25-,27-,28-,31-,32-,59?/m1/s1. The van der Waals surface area contributed by atoms with E-state index in [9.17, 15) is 28.4 Å². The molecule has 3 saturated heterocycles. The van der Waals surface area contributed by atoms with Gasteiger partial charge in [-0.15, -0.1) is 0 Å². The van der Waals surface area contributed by atoms with Gasteiger partial charge in [0.05, 0.1) is 26.7 Å². The predicted molar refractivity (Wildman–Crippen MR) is 203 cm³/mol. The Hall–Kier alpha value is -4.87. The summed E-state index contributed by atoms with van der Waals surface area (Å²) in [5.74, 6) is -0.378. The minimum atomic E-state index is -5.28.